The summed E-state index contributed by atoms with van der Waals surface area (Å²) < 4.78 is 0. The lowest BCUT2D eigenvalue weighted by Gasteiger charge is -2.27. The second kappa shape index (κ2) is 5.13. The molecule has 0 aromatic carbocycles. The molecule has 1 fully saturated rings. The summed E-state index contributed by atoms with van der Waals surface area (Å²) in [5, 5.41) is 0. The van der Waals surface area contributed by atoms with Gasteiger partial charge in [-0.05, 0) is 43.7 Å². The van der Waals surface area contributed by atoms with Crippen molar-refractivity contribution in [3.8, 4) is 0 Å². The van der Waals surface area contributed by atoms with Crippen molar-refractivity contribution in [2.75, 3.05) is 26.2 Å². The fourth-order valence-corrected chi connectivity index (χ4v) is 2.53. The molecule has 0 aromatic heterocycles. The SMILES string of the molecule is CCC1(CC)CCN(CC(C)CN)C1. The first-order valence-corrected chi connectivity index (χ1v) is 6.08. The standard InChI is InChI=1S/C12H26N2/c1-4-12(5-2)6-7-14(10-12)9-11(3)8-13/h11H,4-10,13H2,1-3H3. The Kier molecular flexibility index (Phi) is 4.39. The molecular formula is C12H26N2. The average Bonchev–Trinajstić information content (AvgIpc) is 2.62. The van der Waals surface area contributed by atoms with Gasteiger partial charge < -0.3 is 10.6 Å². The van der Waals surface area contributed by atoms with E-state index < -0.39 is 0 Å². The molecule has 1 saturated heterocycles. The number of hydrogen-bond acceptors (Lipinski definition) is 2. The lowest BCUT2D eigenvalue weighted by Crippen LogP contribution is -2.32. The Bertz CT molecular complexity index is 164. The van der Waals surface area contributed by atoms with Crippen LogP contribution >= 0.6 is 0 Å². The van der Waals surface area contributed by atoms with Crippen LogP contribution in [0, 0.1) is 11.3 Å². The van der Waals surface area contributed by atoms with Crippen LogP contribution in [-0.2, 0) is 0 Å². The third-order valence-electron chi connectivity index (χ3n) is 3.99. The van der Waals surface area contributed by atoms with Crippen LogP contribution in [-0.4, -0.2) is 31.1 Å². The molecule has 14 heavy (non-hydrogen) atoms. The number of rotatable bonds is 5. The Hall–Kier alpha value is -0.0800. The van der Waals surface area contributed by atoms with Crippen LogP contribution in [0.3, 0.4) is 0 Å². The molecular weight excluding hydrogens is 172 g/mol. The maximum Gasteiger partial charge on any atom is 0.00384 e. The molecule has 0 saturated carbocycles. The van der Waals surface area contributed by atoms with Crippen LogP contribution in [0.15, 0.2) is 0 Å². The second-order valence-corrected chi connectivity index (χ2v) is 5.03. The van der Waals surface area contributed by atoms with Gasteiger partial charge >= 0.3 is 0 Å². The minimum atomic E-state index is 0.619. The van der Waals surface area contributed by atoms with E-state index in [1.54, 1.807) is 0 Å². The van der Waals surface area contributed by atoms with E-state index >= 15 is 0 Å². The molecule has 0 aliphatic carbocycles. The molecule has 2 heteroatoms. The van der Waals surface area contributed by atoms with E-state index in [4.69, 9.17) is 5.73 Å². The lowest BCUT2D eigenvalue weighted by atomic mass is 9.82. The van der Waals surface area contributed by atoms with E-state index in [1.807, 2.05) is 0 Å². The molecule has 0 radical (unpaired) electrons. The summed E-state index contributed by atoms with van der Waals surface area (Å²) in [6, 6.07) is 0. The Morgan fingerprint density at radius 1 is 1.36 bits per heavy atom. The fraction of sp³-hybridized carbons (Fsp3) is 1.00. The van der Waals surface area contributed by atoms with Crippen molar-refractivity contribution in [3.63, 3.8) is 0 Å². The molecule has 0 amide bonds. The molecule has 84 valence electrons. The predicted molar refractivity (Wildman–Crippen MR) is 62.3 cm³/mol. The summed E-state index contributed by atoms with van der Waals surface area (Å²) in [6.45, 7) is 11.5. The van der Waals surface area contributed by atoms with Gasteiger partial charge in [-0.2, -0.15) is 0 Å². The monoisotopic (exact) mass is 198 g/mol. The predicted octanol–water partition coefficient (Wildman–Crippen LogP) is 2.09. The third-order valence-corrected chi connectivity index (χ3v) is 3.99. The Balaban J connectivity index is 2.40. The van der Waals surface area contributed by atoms with E-state index in [-0.39, 0.29) is 0 Å². The van der Waals surface area contributed by atoms with Gasteiger partial charge in [0.05, 0.1) is 0 Å². The highest BCUT2D eigenvalue weighted by Crippen LogP contribution is 2.36. The van der Waals surface area contributed by atoms with Crippen molar-refractivity contribution in [1.82, 2.24) is 4.90 Å². The normalized spacial score (nSPS) is 24.0. The summed E-state index contributed by atoms with van der Waals surface area (Å²) in [6.07, 6.45) is 4.05. The van der Waals surface area contributed by atoms with E-state index in [1.165, 1.54) is 38.9 Å². The topological polar surface area (TPSA) is 29.3 Å². The van der Waals surface area contributed by atoms with Crippen molar-refractivity contribution < 1.29 is 0 Å². The van der Waals surface area contributed by atoms with Crippen LogP contribution in [0.25, 0.3) is 0 Å². The quantitative estimate of drug-likeness (QED) is 0.733. The van der Waals surface area contributed by atoms with Crippen LogP contribution in [0.1, 0.15) is 40.0 Å². The highest BCUT2D eigenvalue weighted by Gasteiger charge is 2.34. The molecule has 0 spiro atoms. The highest BCUT2D eigenvalue weighted by atomic mass is 15.2. The molecule has 0 bridgehead atoms. The molecule has 2 N–H and O–H groups in total. The molecule has 1 rings (SSSR count). The van der Waals surface area contributed by atoms with Gasteiger partial charge in [-0.1, -0.05) is 20.8 Å². The van der Waals surface area contributed by atoms with Gasteiger partial charge in [-0.3, -0.25) is 0 Å². The zero-order chi connectivity index (χ0) is 10.6. The minimum absolute atomic E-state index is 0.619. The van der Waals surface area contributed by atoms with Gasteiger partial charge in [0.2, 0.25) is 0 Å². The molecule has 1 heterocycles. The van der Waals surface area contributed by atoms with Gasteiger partial charge in [0.15, 0.2) is 0 Å². The molecule has 1 atom stereocenters. The maximum atomic E-state index is 5.66. The molecule has 2 nitrogen and oxygen atoms in total. The number of hydrogen-bond donors (Lipinski definition) is 1. The first-order chi connectivity index (χ1) is 6.65. The molecule has 1 aliphatic rings. The first-order valence-electron chi connectivity index (χ1n) is 6.08. The zero-order valence-corrected chi connectivity index (χ0v) is 10.1. The van der Waals surface area contributed by atoms with E-state index in [0.29, 0.717) is 11.3 Å². The van der Waals surface area contributed by atoms with Crippen LogP contribution in [0.4, 0.5) is 0 Å². The van der Waals surface area contributed by atoms with Crippen molar-refractivity contribution in [2.45, 2.75) is 40.0 Å². The van der Waals surface area contributed by atoms with Crippen LogP contribution in [0.2, 0.25) is 0 Å². The lowest BCUT2D eigenvalue weighted by molar-refractivity contribution is 0.223. The summed E-state index contributed by atoms with van der Waals surface area (Å²) in [5.41, 5.74) is 6.28. The number of nitrogens with two attached hydrogens (primary N) is 1. The summed E-state index contributed by atoms with van der Waals surface area (Å²) in [7, 11) is 0. The van der Waals surface area contributed by atoms with Gasteiger partial charge in [-0.25, -0.2) is 0 Å². The fourth-order valence-electron chi connectivity index (χ4n) is 2.53. The molecule has 1 unspecified atom stereocenters. The van der Waals surface area contributed by atoms with Gasteiger partial charge in [-0.15, -0.1) is 0 Å². The van der Waals surface area contributed by atoms with E-state index in [0.717, 1.165) is 6.54 Å². The third kappa shape index (κ3) is 2.71. The Labute approximate surface area is 88.8 Å². The van der Waals surface area contributed by atoms with Crippen LogP contribution in [0.5, 0.6) is 0 Å². The van der Waals surface area contributed by atoms with Crippen molar-refractivity contribution >= 4 is 0 Å². The second-order valence-electron chi connectivity index (χ2n) is 5.03. The van der Waals surface area contributed by atoms with E-state index in [9.17, 15) is 0 Å². The van der Waals surface area contributed by atoms with Gasteiger partial charge in [0.25, 0.3) is 0 Å². The Morgan fingerprint density at radius 2 is 2.00 bits per heavy atom. The zero-order valence-electron chi connectivity index (χ0n) is 10.1. The van der Waals surface area contributed by atoms with Crippen molar-refractivity contribution in [3.05, 3.63) is 0 Å². The van der Waals surface area contributed by atoms with E-state index in [2.05, 4.69) is 25.7 Å². The number of nitrogens with zero attached hydrogens (tertiary/aromatic N) is 1. The van der Waals surface area contributed by atoms with Gasteiger partial charge in [0.1, 0.15) is 0 Å². The van der Waals surface area contributed by atoms with Gasteiger partial charge in [0, 0.05) is 13.1 Å². The minimum Gasteiger partial charge on any atom is -0.330 e. The summed E-state index contributed by atoms with van der Waals surface area (Å²) in [4.78, 5) is 2.60. The van der Waals surface area contributed by atoms with Crippen LogP contribution < -0.4 is 5.73 Å². The largest absolute Gasteiger partial charge is 0.330 e. The summed E-state index contributed by atoms with van der Waals surface area (Å²) >= 11 is 0. The maximum absolute atomic E-state index is 5.66. The molecule has 1 aliphatic heterocycles. The highest BCUT2D eigenvalue weighted by molar-refractivity contribution is 4.88. The van der Waals surface area contributed by atoms with Crippen molar-refractivity contribution in [2.24, 2.45) is 17.1 Å². The first kappa shape index (κ1) is 12.0. The average molecular weight is 198 g/mol. The summed E-state index contributed by atoms with van der Waals surface area (Å²) in [5.74, 6) is 0.652. The Morgan fingerprint density at radius 3 is 2.43 bits per heavy atom. The smallest absolute Gasteiger partial charge is 0.00384 e. The number of likely N-dealkylation sites (tertiary alicyclic amines) is 1. The van der Waals surface area contributed by atoms with Crippen molar-refractivity contribution in [1.29, 1.82) is 0 Å². The molecule has 0 aromatic rings.